The van der Waals surface area contributed by atoms with Gasteiger partial charge in [0.25, 0.3) is 11.5 Å². The molecule has 8 heteroatoms. The van der Waals surface area contributed by atoms with E-state index >= 15 is 0 Å². The lowest BCUT2D eigenvalue weighted by Gasteiger charge is -2.60. The summed E-state index contributed by atoms with van der Waals surface area (Å²) in [5.41, 5.74) is 2.18. The van der Waals surface area contributed by atoms with Crippen LogP contribution in [-0.2, 0) is 6.54 Å². The Morgan fingerprint density at radius 3 is 2.67 bits per heavy atom. The molecule has 0 atom stereocenters. The Morgan fingerprint density at radius 2 is 1.93 bits per heavy atom. The van der Waals surface area contributed by atoms with Crippen LogP contribution in [0.5, 0.6) is 0 Å². The number of likely N-dealkylation sites (tertiary alicyclic amines) is 2. The first-order valence-corrected chi connectivity index (χ1v) is 9.04. The molecule has 27 heavy (non-hydrogen) atoms. The van der Waals surface area contributed by atoms with Gasteiger partial charge in [0.15, 0.2) is 11.2 Å². The standard InChI is InChI=1S/C19H20N6O2/c1-13-7-25-16(17(26)20-13)15(21-22-25)18(27)24-11-19(12-24)9-23(10-19)8-14-5-3-2-4-6-14/h2-7H,8-12H2,1H3,(H,20,26). The summed E-state index contributed by atoms with van der Waals surface area (Å²) < 4.78 is 1.38. The van der Waals surface area contributed by atoms with E-state index in [0.717, 1.165) is 19.6 Å². The Bertz CT molecular complexity index is 1070. The second kappa shape index (κ2) is 5.75. The maximum atomic E-state index is 12.8. The van der Waals surface area contributed by atoms with Crippen LogP contribution in [0.25, 0.3) is 5.52 Å². The van der Waals surface area contributed by atoms with Gasteiger partial charge in [-0.25, -0.2) is 4.52 Å². The van der Waals surface area contributed by atoms with Gasteiger partial charge in [-0.3, -0.25) is 14.5 Å². The molecular weight excluding hydrogens is 344 g/mol. The van der Waals surface area contributed by atoms with Crippen molar-refractivity contribution in [2.24, 2.45) is 5.41 Å². The van der Waals surface area contributed by atoms with Crippen molar-refractivity contribution >= 4 is 11.4 Å². The minimum atomic E-state index is -0.337. The van der Waals surface area contributed by atoms with Crippen LogP contribution in [0.1, 0.15) is 21.7 Å². The third-order valence-electron chi connectivity index (χ3n) is 5.45. The maximum absolute atomic E-state index is 12.8. The molecule has 138 valence electrons. The quantitative estimate of drug-likeness (QED) is 0.739. The Morgan fingerprint density at radius 1 is 1.19 bits per heavy atom. The zero-order chi connectivity index (χ0) is 18.6. The van der Waals surface area contributed by atoms with E-state index in [-0.39, 0.29) is 28.1 Å². The van der Waals surface area contributed by atoms with Gasteiger partial charge in [0, 0.05) is 43.8 Å². The van der Waals surface area contributed by atoms with E-state index in [2.05, 4.69) is 44.5 Å². The summed E-state index contributed by atoms with van der Waals surface area (Å²) in [6, 6.07) is 10.4. The lowest BCUT2D eigenvalue weighted by Crippen LogP contribution is -2.72. The minimum absolute atomic E-state index is 0.131. The van der Waals surface area contributed by atoms with Crippen LogP contribution in [-0.4, -0.2) is 61.7 Å². The number of benzene rings is 1. The number of carbonyl (C=O) groups excluding carboxylic acids is 1. The van der Waals surface area contributed by atoms with Crippen molar-refractivity contribution in [3.05, 3.63) is 63.8 Å². The molecule has 0 unspecified atom stereocenters. The maximum Gasteiger partial charge on any atom is 0.276 e. The van der Waals surface area contributed by atoms with Crippen molar-refractivity contribution in [3.8, 4) is 0 Å². The molecule has 1 spiro atoms. The lowest BCUT2D eigenvalue weighted by molar-refractivity contribution is -0.102. The Balaban J connectivity index is 1.24. The van der Waals surface area contributed by atoms with Crippen LogP contribution in [0.2, 0.25) is 0 Å². The van der Waals surface area contributed by atoms with E-state index in [1.54, 1.807) is 18.0 Å². The molecule has 2 aliphatic heterocycles. The van der Waals surface area contributed by atoms with Gasteiger partial charge >= 0.3 is 0 Å². The van der Waals surface area contributed by atoms with Gasteiger partial charge in [0.05, 0.1) is 6.20 Å². The fraction of sp³-hybridized carbons (Fsp3) is 0.368. The first-order valence-electron chi connectivity index (χ1n) is 9.04. The number of nitrogens with one attached hydrogen (secondary N) is 1. The number of nitrogens with zero attached hydrogens (tertiary/aromatic N) is 5. The van der Waals surface area contributed by atoms with Crippen molar-refractivity contribution in [3.63, 3.8) is 0 Å². The first kappa shape index (κ1) is 16.2. The van der Waals surface area contributed by atoms with E-state index in [4.69, 9.17) is 0 Å². The molecule has 1 aromatic carbocycles. The van der Waals surface area contributed by atoms with Gasteiger partial charge in [-0.05, 0) is 12.5 Å². The number of H-pyrrole nitrogens is 1. The van der Waals surface area contributed by atoms with Gasteiger partial charge in [-0.15, -0.1) is 5.10 Å². The molecule has 5 rings (SSSR count). The van der Waals surface area contributed by atoms with Crippen molar-refractivity contribution < 1.29 is 4.79 Å². The topological polar surface area (TPSA) is 86.6 Å². The molecular formula is C19H20N6O2. The highest BCUT2D eigenvalue weighted by molar-refractivity contribution is 5.99. The number of carbonyl (C=O) groups is 1. The summed E-state index contributed by atoms with van der Waals surface area (Å²) >= 11 is 0. The number of rotatable bonds is 3. The SMILES string of the molecule is Cc1cn2nnc(C(=O)N3CC4(CN(Cc5ccccc5)C4)C3)c2c(=O)[nH]1. The van der Waals surface area contributed by atoms with E-state index in [0.29, 0.717) is 18.8 Å². The lowest BCUT2D eigenvalue weighted by atomic mass is 9.72. The molecule has 2 aromatic heterocycles. The Labute approximate surface area is 155 Å². The molecule has 0 saturated carbocycles. The molecule has 1 amide bonds. The van der Waals surface area contributed by atoms with E-state index in [1.807, 2.05) is 6.07 Å². The fourth-order valence-corrected chi connectivity index (χ4v) is 4.31. The molecule has 2 aliphatic rings. The molecule has 1 N–H and O–H groups in total. The third kappa shape index (κ3) is 2.64. The number of aryl methyl sites for hydroxylation is 1. The molecule has 0 radical (unpaired) electrons. The summed E-state index contributed by atoms with van der Waals surface area (Å²) in [4.78, 5) is 31.8. The molecule has 0 bridgehead atoms. The van der Waals surface area contributed by atoms with Gasteiger partial charge < -0.3 is 9.88 Å². The molecule has 3 aromatic rings. The van der Waals surface area contributed by atoms with Crippen LogP contribution in [0.15, 0.2) is 41.3 Å². The smallest absolute Gasteiger partial charge is 0.276 e. The van der Waals surface area contributed by atoms with E-state index < -0.39 is 0 Å². The number of hydrogen-bond donors (Lipinski definition) is 1. The number of fused-ring (bicyclic) bond motifs is 1. The summed E-state index contributed by atoms with van der Waals surface area (Å²) in [5, 5.41) is 7.88. The Kier molecular flexibility index (Phi) is 3.45. The van der Waals surface area contributed by atoms with Crippen LogP contribution in [0.3, 0.4) is 0 Å². The number of aromatic nitrogens is 4. The fourth-order valence-electron chi connectivity index (χ4n) is 4.31. The third-order valence-corrected chi connectivity index (χ3v) is 5.45. The average molecular weight is 364 g/mol. The molecule has 2 fully saturated rings. The minimum Gasteiger partial charge on any atom is -0.336 e. The zero-order valence-electron chi connectivity index (χ0n) is 15.1. The van der Waals surface area contributed by atoms with Crippen molar-refractivity contribution in [2.45, 2.75) is 13.5 Å². The second-order valence-corrected chi connectivity index (χ2v) is 7.79. The predicted molar refractivity (Wildman–Crippen MR) is 98.4 cm³/mol. The Hall–Kier alpha value is -3.00. The largest absolute Gasteiger partial charge is 0.336 e. The zero-order valence-corrected chi connectivity index (χ0v) is 15.1. The van der Waals surface area contributed by atoms with Gasteiger partial charge in [-0.1, -0.05) is 35.5 Å². The van der Waals surface area contributed by atoms with E-state index in [9.17, 15) is 9.59 Å². The van der Waals surface area contributed by atoms with Gasteiger partial charge in [0.1, 0.15) is 0 Å². The van der Waals surface area contributed by atoms with Crippen molar-refractivity contribution in [2.75, 3.05) is 26.2 Å². The second-order valence-electron chi connectivity index (χ2n) is 7.79. The number of aromatic amines is 1. The normalized spacial score (nSPS) is 18.5. The molecule has 8 nitrogen and oxygen atoms in total. The van der Waals surface area contributed by atoms with Gasteiger partial charge in [0.2, 0.25) is 0 Å². The molecule has 0 aliphatic carbocycles. The first-order chi connectivity index (χ1) is 13.0. The highest BCUT2D eigenvalue weighted by atomic mass is 16.2. The van der Waals surface area contributed by atoms with E-state index in [1.165, 1.54) is 10.1 Å². The van der Waals surface area contributed by atoms with Gasteiger partial charge in [-0.2, -0.15) is 0 Å². The molecule has 2 saturated heterocycles. The predicted octanol–water partition coefficient (Wildman–Crippen LogP) is 0.684. The summed E-state index contributed by atoms with van der Waals surface area (Å²) in [7, 11) is 0. The summed E-state index contributed by atoms with van der Waals surface area (Å²) in [6.07, 6.45) is 1.66. The van der Waals surface area contributed by atoms with Crippen LogP contribution in [0, 0.1) is 12.3 Å². The van der Waals surface area contributed by atoms with Crippen LogP contribution in [0.4, 0.5) is 0 Å². The monoisotopic (exact) mass is 364 g/mol. The summed E-state index contributed by atoms with van der Waals surface area (Å²) in [6.45, 7) is 6.11. The number of amides is 1. The molecule has 4 heterocycles. The van der Waals surface area contributed by atoms with Crippen molar-refractivity contribution in [1.82, 2.24) is 29.6 Å². The highest BCUT2D eigenvalue weighted by Gasteiger charge is 2.53. The average Bonchev–Trinajstić information content (AvgIpc) is 3.00. The van der Waals surface area contributed by atoms with Crippen LogP contribution < -0.4 is 5.56 Å². The summed E-state index contributed by atoms with van der Waals surface area (Å²) in [5.74, 6) is -0.216. The van der Waals surface area contributed by atoms with Crippen molar-refractivity contribution in [1.29, 1.82) is 0 Å². The highest BCUT2D eigenvalue weighted by Crippen LogP contribution is 2.40. The number of hydrogen-bond acceptors (Lipinski definition) is 5. The van der Waals surface area contributed by atoms with Crippen LogP contribution >= 0.6 is 0 Å².